The van der Waals surface area contributed by atoms with Crippen molar-refractivity contribution in [2.24, 2.45) is 5.41 Å². The predicted octanol–water partition coefficient (Wildman–Crippen LogP) is 0.928. The van der Waals surface area contributed by atoms with Gasteiger partial charge < -0.3 is 10.0 Å². The lowest BCUT2D eigenvalue weighted by molar-refractivity contribution is -0.152. The Morgan fingerprint density at radius 1 is 1.55 bits per heavy atom. The Balaban J connectivity index is 2.60. The van der Waals surface area contributed by atoms with Crippen LogP contribution in [0.1, 0.15) is 13.8 Å². The van der Waals surface area contributed by atoms with Crippen LogP contribution >= 0.6 is 11.6 Å². The molecule has 0 aromatic rings. The van der Waals surface area contributed by atoms with Gasteiger partial charge in [0.1, 0.15) is 0 Å². The van der Waals surface area contributed by atoms with Crippen LogP contribution in [0, 0.1) is 5.41 Å². The van der Waals surface area contributed by atoms with Gasteiger partial charge in [0.25, 0.3) is 0 Å². The van der Waals surface area contributed by atoms with Crippen molar-refractivity contribution in [3.8, 4) is 0 Å². The molecule has 1 aliphatic heterocycles. The first-order valence-electron chi connectivity index (χ1n) is 3.88. The van der Waals surface area contributed by atoms with E-state index in [-0.39, 0.29) is 5.41 Å². The lowest BCUT2D eigenvalue weighted by Crippen LogP contribution is -2.67. The van der Waals surface area contributed by atoms with Crippen molar-refractivity contribution >= 4 is 11.6 Å². The molecular weight excluding hydrogens is 162 g/mol. The van der Waals surface area contributed by atoms with Crippen molar-refractivity contribution in [3.63, 3.8) is 0 Å². The average molecular weight is 178 g/mol. The van der Waals surface area contributed by atoms with Crippen LogP contribution in [0.3, 0.4) is 0 Å². The highest BCUT2D eigenvalue weighted by Crippen LogP contribution is 2.38. The van der Waals surface area contributed by atoms with Crippen LogP contribution in [0.15, 0.2) is 0 Å². The topological polar surface area (TPSA) is 23.5 Å². The van der Waals surface area contributed by atoms with E-state index in [4.69, 9.17) is 11.6 Å². The van der Waals surface area contributed by atoms with Gasteiger partial charge in [-0.3, -0.25) is 0 Å². The van der Waals surface area contributed by atoms with Crippen molar-refractivity contribution in [1.29, 1.82) is 0 Å². The van der Waals surface area contributed by atoms with Crippen molar-refractivity contribution in [2.45, 2.75) is 19.4 Å². The quantitative estimate of drug-likeness (QED) is 0.635. The SMILES string of the molecule is CN1CC(O)(C(C)(C)CCl)C1. The van der Waals surface area contributed by atoms with E-state index >= 15 is 0 Å². The summed E-state index contributed by atoms with van der Waals surface area (Å²) < 4.78 is 0. The fourth-order valence-electron chi connectivity index (χ4n) is 1.40. The van der Waals surface area contributed by atoms with Crippen LogP contribution < -0.4 is 0 Å². The summed E-state index contributed by atoms with van der Waals surface area (Å²) in [6.07, 6.45) is 0. The molecule has 2 nitrogen and oxygen atoms in total. The standard InChI is InChI=1S/C8H16ClNO/c1-7(2,4-9)8(11)5-10(3)6-8/h11H,4-6H2,1-3H3. The minimum atomic E-state index is -0.566. The molecule has 3 heteroatoms. The van der Waals surface area contributed by atoms with Gasteiger partial charge in [-0.15, -0.1) is 11.6 Å². The number of hydrogen-bond donors (Lipinski definition) is 1. The highest BCUT2D eigenvalue weighted by atomic mass is 35.5. The Kier molecular flexibility index (Phi) is 2.21. The second kappa shape index (κ2) is 2.61. The first-order valence-corrected chi connectivity index (χ1v) is 4.42. The third-order valence-corrected chi connectivity index (χ3v) is 3.32. The summed E-state index contributed by atoms with van der Waals surface area (Å²) in [6, 6.07) is 0. The van der Waals surface area contributed by atoms with Crippen molar-refractivity contribution < 1.29 is 5.11 Å². The first kappa shape index (κ1) is 9.30. The molecule has 0 spiro atoms. The van der Waals surface area contributed by atoms with Gasteiger partial charge in [0.05, 0.1) is 5.60 Å². The zero-order chi connectivity index (χ0) is 8.70. The largest absolute Gasteiger partial charge is 0.387 e. The maximum atomic E-state index is 9.98. The number of hydrogen-bond acceptors (Lipinski definition) is 2. The van der Waals surface area contributed by atoms with E-state index < -0.39 is 5.60 Å². The lowest BCUT2D eigenvalue weighted by atomic mass is 9.71. The van der Waals surface area contributed by atoms with E-state index in [1.807, 2.05) is 20.9 Å². The van der Waals surface area contributed by atoms with E-state index in [9.17, 15) is 5.11 Å². The summed E-state index contributed by atoms with van der Waals surface area (Å²) in [6.45, 7) is 5.50. The zero-order valence-corrected chi connectivity index (χ0v) is 8.15. The molecule has 1 saturated heterocycles. The molecule has 0 amide bonds. The third-order valence-electron chi connectivity index (χ3n) is 2.66. The van der Waals surface area contributed by atoms with E-state index in [1.54, 1.807) is 0 Å². The Labute approximate surface area is 73.1 Å². The molecule has 66 valence electrons. The summed E-state index contributed by atoms with van der Waals surface area (Å²) in [5.41, 5.74) is -0.732. The summed E-state index contributed by atoms with van der Waals surface area (Å²) in [7, 11) is 2.00. The van der Waals surface area contributed by atoms with E-state index in [0.29, 0.717) is 5.88 Å². The number of likely N-dealkylation sites (tertiary alicyclic amines) is 1. The molecule has 0 atom stereocenters. The molecule has 1 rings (SSSR count). The Bertz CT molecular complexity index is 152. The van der Waals surface area contributed by atoms with E-state index in [1.165, 1.54) is 0 Å². The van der Waals surface area contributed by atoms with Gasteiger partial charge in [-0.2, -0.15) is 0 Å². The predicted molar refractivity (Wildman–Crippen MR) is 46.9 cm³/mol. The summed E-state index contributed by atoms with van der Waals surface area (Å²) in [5.74, 6) is 0.511. The van der Waals surface area contributed by atoms with Gasteiger partial charge in [0.15, 0.2) is 0 Å². The second-order valence-electron chi connectivity index (χ2n) is 4.22. The molecule has 11 heavy (non-hydrogen) atoms. The Morgan fingerprint density at radius 3 is 2.27 bits per heavy atom. The minimum absolute atomic E-state index is 0.166. The first-order chi connectivity index (χ1) is 4.91. The molecule has 0 aliphatic carbocycles. The maximum absolute atomic E-state index is 9.98. The van der Waals surface area contributed by atoms with Crippen LogP contribution in [-0.4, -0.2) is 41.6 Å². The number of rotatable bonds is 2. The molecule has 0 aromatic carbocycles. The summed E-state index contributed by atoms with van der Waals surface area (Å²) in [4.78, 5) is 2.09. The number of aliphatic hydroxyl groups is 1. The van der Waals surface area contributed by atoms with Crippen LogP contribution in [0.25, 0.3) is 0 Å². The highest BCUT2D eigenvalue weighted by molar-refractivity contribution is 6.18. The molecule has 0 bridgehead atoms. The van der Waals surface area contributed by atoms with Crippen LogP contribution in [0.5, 0.6) is 0 Å². The molecule has 1 fully saturated rings. The monoisotopic (exact) mass is 177 g/mol. The molecule has 0 aromatic heterocycles. The Hall–Kier alpha value is 0.210. The average Bonchev–Trinajstić information content (AvgIpc) is 1.85. The smallest absolute Gasteiger partial charge is 0.0961 e. The lowest BCUT2D eigenvalue weighted by Gasteiger charge is -2.53. The number of alkyl halides is 1. The van der Waals surface area contributed by atoms with Gasteiger partial charge >= 0.3 is 0 Å². The van der Waals surface area contributed by atoms with Crippen LogP contribution in [0.2, 0.25) is 0 Å². The highest BCUT2D eigenvalue weighted by Gasteiger charge is 2.50. The number of nitrogens with zero attached hydrogens (tertiary/aromatic N) is 1. The summed E-state index contributed by atoms with van der Waals surface area (Å²) >= 11 is 5.76. The van der Waals surface area contributed by atoms with E-state index in [0.717, 1.165) is 13.1 Å². The molecule has 0 saturated carbocycles. The number of halogens is 1. The van der Waals surface area contributed by atoms with Gasteiger partial charge in [0, 0.05) is 24.4 Å². The minimum Gasteiger partial charge on any atom is -0.387 e. The second-order valence-corrected chi connectivity index (χ2v) is 4.49. The Morgan fingerprint density at radius 2 is 2.00 bits per heavy atom. The fourth-order valence-corrected chi connectivity index (χ4v) is 1.65. The molecule has 1 heterocycles. The van der Waals surface area contributed by atoms with Crippen molar-refractivity contribution in [2.75, 3.05) is 26.0 Å². The molecule has 0 unspecified atom stereocenters. The zero-order valence-electron chi connectivity index (χ0n) is 7.39. The van der Waals surface area contributed by atoms with Gasteiger partial charge in [0.2, 0.25) is 0 Å². The number of likely N-dealkylation sites (N-methyl/N-ethyl adjacent to an activating group) is 1. The van der Waals surface area contributed by atoms with Crippen LogP contribution in [0.4, 0.5) is 0 Å². The number of β-amino-alcohol motifs (C(OH)–C–C–N with tert-alkyl or cyclic N) is 1. The van der Waals surface area contributed by atoms with Crippen molar-refractivity contribution in [1.82, 2.24) is 4.90 Å². The maximum Gasteiger partial charge on any atom is 0.0961 e. The van der Waals surface area contributed by atoms with Gasteiger partial charge in [-0.05, 0) is 7.05 Å². The summed E-state index contributed by atoms with van der Waals surface area (Å²) in [5, 5.41) is 9.98. The molecular formula is C8H16ClNO. The van der Waals surface area contributed by atoms with Gasteiger partial charge in [-0.1, -0.05) is 13.8 Å². The molecule has 1 aliphatic rings. The van der Waals surface area contributed by atoms with Crippen LogP contribution in [-0.2, 0) is 0 Å². The van der Waals surface area contributed by atoms with Crippen molar-refractivity contribution in [3.05, 3.63) is 0 Å². The normalized spacial score (nSPS) is 24.8. The molecule has 0 radical (unpaired) electrons. The molecule has 1 N–H and O–H groups in total. The van der Waals surface area contributed by atoms with Gasteiger partial charge in [-0.25, -0.2) is 0 Å². The van der Waals surface area contributed by atoms with E-state index in [2.05, 4.69) is 4.90 Å². The fraction of sp³-hybridized carbons (Fsp3) is 1.00. The third kappa shape index (κ3) is 1.40.